The second-order valence-electron chi connectivity index (χ2n) is 0. The summed E-state index contributed by atoms with van der Waals surface area (Å²) in [7, 11) is 0. The van der Waals surface area contributed by atoms with Crippen LogP contribution < -0.4 is 0 Å². The van der Waals surface area contributed by atoms with Gasteiger partial charge in [0, 0.05) is 18.6 Å². The molecule has 0 aromatic carbocycles. The molecule has 0 aliphatic carbocycles. The minimum Gasteiger partial charge on any atom is 0 e. The van der Waals surface area contributed by atoms with Gasteiger partial charge in [0.1, 0.15) is 0 Å². The van der Waals surface area contributed by atoms with Crippen LogP contribution in [-0.4, -0.2) is 37.7 Å². The largest absolute Gasteiger partial charge is 0 e. The molecule has 1 nitrogen and oxygen atoms in total. The van der Waals surface area contributed by atoms with Crippen LogP contribution in [0.1, 0.15) is 2.85 Å². The fourth-order valence-electron chi connectivity index (χ4n) is 0. The van der Waals surface area contributed by atoms with Crippen LogP contribution >= 0.6 is 0 Å². The first-order valence-electron chi connectivity index (χ1n) is 0.204. The SMILES string of the molecule is [Ca+2].[H-].[H-].[O]=[Ti].[V]. The van der Waals surface area contributed by atoms with Gasteiger partial charge in [-0.2, -0.15) is 0 Å². The molecule has 0 bridgehead atoms. The van der Waals surface area contributed by atoms with Crippen molar-refractivity contribution in [2.75, 3.05) is 0 Å². The molecule has 0 saturated heterocycles. The summed E-state index contributed by atoms with van der Waals surface area (Å²) in [5.74, 6) is 0. The van der Waals surface area contributed by atoms with Crippen molar-refractivity contribution in [3.05, 3.63) is 0 Å². The fourth-order valence-corrected chi connectivity index (χ4v) is 0. The average Bonchev–Trinajstić information content (AvgIpc) is 1.00. The monoisotopic (exact) mass is 157 g/mol. The van der Waals surface area contributed by atoms with Crippen LogP contribution in [-0.2, 0) is 42.3 Å². The van der Waals surface area contributed by atoms with Crippen LogP contribution in [0.4, 0.5) is 0 Å². The van der Waals surface area contributed by atoms with E-state index in [1.807, 2.05) is 0 Å². The van der Waals surface area contributed by atoms with Gasteiger partial charge < -0.3 is 2.85 Å². The van der Waals surface area contributed by atoms with Crippen molar-refractivity contribution < 1.29 is 45.1 Å². The smallest absolute Gasteiger partial charge is 0 e. The van der Waals surface area contributed by atoms with E-state index in [1.165, 1.54) is 0 Å². The Bertz CT molecular complexity index is 13.5. The van der Waals surface area contributed by atoms with Crippen molar-refractivity contribution >= 4 is 37.7 Å². The molecular weight excluding hydrogens is 155 g/mol. The molecule has 0 aliphatic rings. The van der Waals surface area contributed by atoms with E-state index in [0.717, 1.165) is 20.4 Å². The third-order valence-electron chi connectivity index (χ3n) is 0. The van der Waals surface area contributed by atoms with E-state index in [9.17, 15) is 0 Å². The van der Waals surface area contributed by atoms with Crippen LogP contribution in [0.3, 0.4) is 0 Å². The second-order valence-corrected chi connectivity index (χ2v) is 0. The first-order chi connectivity index (χ1) is 1.00. The van der Waals surface area contributed by atoms with Gasteiger partial charge in [-0.1, -0.05) is 0 Å². The number of hydrogen-bond acceptors (Lipinski definition) is 1. The normalized spacial score (nSPS) is 0.750. The van der Waals surface area contributed by atoms with Crippen molar-refractivity contribution in [2.45, 2.75) is 0 Å². The molecule has 0 heterocycles. The maximum atomic E-state index is 8.25. The topological polar surface area (TPSA) is 17.1 Å². The maximum absolute atomic E-state index is 8.25. The predicted molar refractivity (Wildman–Crippen MR) is 8.66 cm³/mol. The molecular formula is H2CaOTiV. The molecule has 4 heavy (non-hydrogen) atoms. The van der Waals surface area contributed by atoms with Crippen LogP contribution in [0, 0.1) is 0 Å². The van der Waals surface area contributed by atoms with E-state index in [0.29, 0.717) is 0 Å². The van der Waals surface area contributed by atoms with Crippen LogP contribution in [0.25, 0.3) is 0 Å². The first-order valence-corrected chi connectivity index (χ1v) is 0.842. The molecule has 0 saturated carbocycles. The summed E-state index contributed by atoms with van der Waals surface area (Å²) in [5, 5.41) is 0. The van der Waals surface area contributed by atoms with Crippen molar-refractivity contribution in [2.24, 2.45) is 0 Å². The molecule has 0 spiro atoms. The van der Waals surface area contributed by atoms with E-state index in [-0.39, 0.29) is 59.1 Å². The van der Waals surface area contributed by atoms with Gasteiger partial charge in [0.05, 0.1) is 0 Å². The minimum atomic E-state index is 0. The Labute approximate surface area is 81.5 Å². The average molecular weight is 157 g/mol. The van der Waals surface area contributed by atoms with Crippen LogP contribution in [0.2, 0.25) is 0 Å². The zero-order chi connectivity index (χ0) is 2.00. The molecule has 4 heteroatoms. The molecule has 19 valence electrons. The van der Waals surface area contributed by atoms with Gasteiger partial charge in [-0.25, -0.2) is 0 Å². The van der Waals surface area contributed by atoms with E-state index >= 15 is 0 Å². The Morgan fingerprint density at radius 3 is 1.50 bits per heavy atom. The van der Waals surface area contributed by atoms with Crippen LogP contribution in [0.15, 0.2) is 0 Å². The maximum Gasteiger partial charge on any atom is 0 e. The molecule has 0 fully saturated rings. The Kier molecular flexibility index (Phi) is 74.1. The molecule has 0 N–H and O–H groups in total. The summed E-state index contributed by atoms with van der Waals surface area (Å²) >= 11 is 0.750. The summed E-state index contributed by atoms with van der Waals surface area (Å²) in [6.45, 7) is 0. The third kappa shape index (κ3) is 8.84. The predicted octanol–water partition coefficient (Wildman–Crippen LogP) is -0.280. The number of hydrogen-bond donors (Lipinski definition) is 0. The van der Waals surface area contributed by atoms with Gasteiger partial charge in [0.2, 0.25) is 0 Å². The zero-order valence-electron chi connectivity index (χ0n) is 4.06. The Hall–Kier alpha value is 2.36. The molecule has 0 amide bonds. The molecule has 0 aromatic heterocycles. The van der Waals surface area contributed by atoms with E-state index in [1.54, 1.807) is 0 Å². The summed E-state index contributed by atoms with van der Waals surface area (Å²) < 4.78 is 8.25. The minimum absolute atomic E-state index is 0. The molecule has 0 unspecified atom stereocenters. The van der Waals surface area contributed by atoms with Crippen molar-refractivity contribution in [3.8, 4) is 0 Å². The van der Waals surface area contributed by atoms with Gasteiger partial charge >= 0.3 is 61.5 Å². The van der Waals surface area contributed by atoms with Crippen molar-refractivity contribution in [1.29, 1.82) is 0 Å². The van der Waals surface area contributed by atoms with Crippen molar-refractivity contribution in [3.63, 3.8) is 0 Å². The standard InChI is InChI=1S/Ca.O.Ti.V.2H/q+2;;;;2*-1. The number of rotatable bonds is 0. The molecule has 0 rings (SSSR count). The van der Waals surface area contributed by atoms with Crippen LogP contribution in [0.5, 0.6) is 0 Å². The zero-order valence-corrected chi connectivity index (χ0v) is 7.23. The van der Waals surface area contributed by atoms with Gasteiger partial charge in [-0.15, -0.1) is 0 Å². The van der Waals surface area contributed by atoms with E-state index in [4.69, 9.17) is 3.32 Å². The quantitative estimate of drug-likeness (QED) is 0.442. The third-order valence-corrected chi connectivity index (χ3v) is 0. The van der Waals surface area contributed by atoms with Gasteiger partial charge in [0.15, 0.2) is 0 Å². The van der Waals surface area contributed by atoms with E-state index < -0.39 is 0 Å². The Balaban J connectivity index is -0.000000000833. The Morgan fingerprint density at radius 1 is 1.50 bits per heavy atom. The molecule has 0 atom stereocenters. The summed E-state index contributed by atoms with van der Waals surface area (Å²) in [5.41, 5.74) is 0. The van der Waals surface area contributed by atoms with Gasteiger partial charge in [0.25, 0.3) is 0 Å². The molecule has 0 aliphatic heterocycles. The first kappa shape index (κ1) is 16.2. The Morgan fingerprint density at radius 2 is 1.50 bits per heavy atom. The second kappa shape index (κ2) is 18.3. The summed E-state index contributed by atoms with van der Waals surface area (Å²) in [4.78, 5) is 0. The van der Waals surface area contributed by atoms with Gasteiger partial charge in [-0.05, 0) is 0 Å². The summed E-state index contributed by atoms with van der Waals surface area (Å²) in [6, 6.07) is 0. The van der Waals surface area contributed by atoms with E-state index in [2.05, 4.69) is 0 Å². The molecule has 1 radical (unpaired) electrons. The van der Waals surface area contributed by atoms with Crippen molar-refractivity contribution in [1.82, 2.24) is 0 Å². The van der Waals surface area contributed by atoms with Gasteiger partial charge in [-0.3, -0.25) is 0 Å². The molecule has 0 aromatic rings. The summed E-state index contributed by atoms with van der Waals surface area (Å²) in [6.07, 6.45) is 0. The fraction of sp³-hybridized carbons (Fsp3) is 0.